The number of nitrogens with zero attached hydrogens (tertiary/aromatic N) is 1. The highest BCUT2D eigenvalue weighted by molar-refractivity contribution is 6.03. The fraction of sp³-hybridized carbons (Fsp3) is 0.231. The maximum atomic E-state index is 11.8. The fourth-order valence-electron chi connectivity index (χ4n) is 1.93. The number of benzene rings is 1. The summed E-state index contributed by atoms with van der Waals surface area (Å²) in [7, 11) is 0. The third kappa shape index (κ3) is 2.06. The molecule has 1 aromatic rings. The highest BCUT2D eigenvalue weighted by Gasteiger charge is 2.27. The van der Waals surface area contributed by atoms with Crippen molar-refractivity contribution in [3.05, 3.63) is 41.5 Å². The molecule has 0 saturated heterocycles. The van der Waals surface area contributed by atoms with Crippen molar-refractivity contribution in [2.75, 3.05) is 11.4 Å². The SMILES string of the molecule is C=C(C)CN1C(=O)Cc2ccc(C(=O)O)cc21. The van der Waals surface area contributed by atoms with E-state index in [1.807, 2.05) is 6.92 Å². The number of anilines is 1. The summed E-state index contributed by atoms with van der Waals surface area (Å²) < 4.78 is 0. The molecular weight excluding hydrogens is 218 g/mol. The zero-order valence-corrected chi connectivity index (χ0v) is 9.56. The van der Waals surface area contributed by atoms with Gasteiger partial charge >= 0.3 is 5.97 Å². The van der Waals surface area contributed by atoms with Gasteiger partial charge in [-0.05, 0) is 24.6 Å². The molecule has 0 aromatic heterocycles. The van der Waals surface area contributed by atoms with Gasteiger partial charge in [0.15, 0.2) is 0 Å². The van der Waals surface area contributed by atoms with Crippen LogP contribution in [0.15, 0.2) is 30.4 Å². The molecule has 0 atom stereocenters. The number of aromatic carboxylic acids is 1. The highest BCUT2D eigenvalue weighted by atomic mass is 16.4. The molecule has 1 N–H and O–H groups in total. The first-order valence-electron chi connectivity index (χ1n) is 5.30. The van der Waals surface area contributed by atoms with Crippen LogP contribution < -0.4 is 4.90 Å². The van der Waals surface area contributed by atoms with Crippen LogP contribution in [0.2, 0.25) is 0 Å². The Morgan fingerprint density at radius 2 is 2.24 bits per heavy atom. The van der Waals surface area contributed by atoms with E-state index in [1.54, 1.807) is 17.0 Å². The van der Waals surface area contributed by atoms with Crippen molar-refractivity contribution in [2.45, 2.75) is 13.3 Å². The summed E-state index contributed by atoms with van der Waals surface area (Å²) in [5, 5.41) is 8.93. The minimum atomic E-state index is -0.984. The van der Waals surface area contributed by atoms with E-state index in [9.17, 15) is 9.59 Å². The Balaban J connectivity index is 2.42. The lowest BCUT2D eigenvalue weighted by atomic mass is 10.1. The number of carboxylic acid groups (broad SMARTS) is 1. The topological polar surface area (TPSA) is 57.6 Å². The van der Waals surface area contributed by atoms with Crippen LogP contribution >= 0.6 is 0 Å². The Morgan fingerprint density at radius 3 is 2.82 bits per heavy atom. The lowest BCUT2D eigenvalue weighted by Crippen LogP contribution is -2.28. The molecule has 1 amide bonds. The van der Waals surface area contributed by atoms with Crippen LogP contribution in [0.1, 0.15) is 22.8 Å². The summed E-state index contributed by atoms with van der Waals surface area (Å²) in [5.74, 6) is -0.993. The molecule has 4 heteroatoms. The standard InChI is InChI=1S/C13H13NO3/c1-8(2)7-14-11-5-10(13(16)17)4-3-9(11)6-12(14)15/h3-5H,1,6-7H2,2H3,(H,16,17). The van der Waals surface area contributed by atoms with Gasteiger partial charge in [-0.3, -0.25) is 4.79 Å². The maximum Gasteiger partial charge on any atom is 0.335 e. The van der Waals surface area contributed by atoms with Crippen molar-refractivity contribution in [1.29, 1.82) is 0 Å². The second kappa shape index (κ2) is 4.05. The van der Waals surface area contributed by atoms with E-state index in [0.29, 0.717) is 18.7 Å². The molecule has 17 heavy (non-hydrogen) atoms. The Hall–Kier alpha value is -2.10. The van der Waals surface area contributed by atoms with Crippen LogP contribution in [0.3, 0.4) is 0 Å². The summed E-state index contributed by atoms with van der Waals surface area (Å²) >= 11 is 0. The molecule has 1 aliphatic rings. The van der Waals surface area contributed by atoms with Crippen molar-refractivity contribution in [3.8, 4) is 0 Å². The highest BCUT2D eigenvalue weighted by Crippen LogP contribution is 2.30. The number of fused-ring (bicyclic) bond motifs is 1. The smallest absolute Gasteiger partial charge is 0.335 e. The summed E-state index contributed by atoms with van der Waals surface area (Å²) in [6, 6.07) is 4.78. The van der Waals surface area contributed by atoms with E-state index in [4.69, 9.17) is 5.11 Å². The predicted molar refractivity (Wildman–Crippen MR) is 64.3 cm³/mol. The Morgan fingerprint density at radius 1 is 1.53 bits per heavy atom. The number of rotatable bonds is 3. The van der Waals surface area contributed by atoms with Crippen LogP contribution in [0.4, 0.5) is 5.69 Å². The molecule has 1 aromatic carbocycles. The van der Waals surface area contributed by atoms with E-state index in [2.05, 4.69) is 6.58 Å². The quantitative estimate of drug-likeness (QED) is 0.808. The van der Waals surface area contributed by atoms with Gasteiger partial charge < -0.3 is 10.0 Å². The van der Waals surface area contributed by atoms with Gasteiger partial charge in [-0.15, -0.1) is 0 Å². The second-order valence-electron chi connectivity index (χ2n) is 4.26. The zero-order valence-electron chi connectivity index (χ0n) is 9.56. The third-order valence-corrected chi connectivity index (χ3v) is 2.69. The van der Waals surface area contributed by atoms with Crippen LogP contribution in [-0.4, -0.2) is 23.5 Å². The second-order valence-corrected chi connectivity index (χ2v) is 4.26. The van der Waals surface area contributed by atoms with Crippen LogP contribution in [-0.2, 0) is 11.2 Å². The van der Waals surface area contributed by atoms with Crippen LogP contribution in [0.25, 0.3) is 0 Å². The van der Waals surface area contributed by atoms with E-state index in [0.717, 1.165) is 11.1 Å². The molecule has 0 saturated carbocycles. The van der Waals surface area contributed by atoms with Gasteiger partial charge in [-0.1, -0.05) is 18.2 Å². The number of carboxylic acids is 1. The number of hydrogen-bond donors (Lipinski definition) is 1. The van der Waals surface area contributed by atoms with Crippen molar-refractivity contribution in [3.63, 3.8) is 0 Å². The molecule has 1 heterocycles. The lowest BCUT2D eigenvalue weighted by Gasteiger charge is -2.17. The monoisotopic (exact) mass is 231 g/mol. The van der Waals surface area contributed by atoms with Crippen molar-refractivity contribution in [2.24, 2.45) is 0 Å². The molecule has 1 aliphatic heterocycles. The molecule has 0 fully saturated rings. The first-order chi connectivity index (χ1) is 7.99. The molecular formula is C13H13NO3. The van der Waals surface area contributed by atoms with Crippen LogP contribution in [0, 0.1) is 0 Å². The molecule has 0 bridgehead atoms. The maximum absolute atomic E-state index is 11.8. The molecule has 2 rings (SSSR count). The average molecular weight is 231 g/mol. The molecule has 0 unspecified atom stereocenters. The average Bonchev–Trinajstić information content (AvgIpc) is 2.54. The van der Waals surface area contributed by atoms with Gasteiger partial charge in [0.1, 0.15) is 0 Å². The molecule has 0 aliphatic carbocycles. The molecule has 0 radical (unpaired) electrons. The van der Waals surface area contributed by atoms with E-state index in [-0.39, 0.29) is 11.5 Å². The normalized spacial score (nSPS) is 13.7. The van der Waals surface area contributed by atoms with E-state index in [1.165, 1.54) is 6.07 Å². The Kier molecular flexibility index (Phi) is 2.71. The van der Waals surface area contributed by atoms with Crippen LogP contribution in [0.5, 0.6) is 0 Å². The molecule has 88 valence electrons. The summed E-state index contributed by atoms with van der Waals surface area (Å²) in [4.78, 5) is 24.3. The molecule has 0 spiro atoms. The van der Waals surface area contributed by atoms with Crippen molar-refractivity contribution in [1.82, 2.24) is 0 Å². The van der Waals surface area contributed by atoms with E-state index < -0.39 is 5.97 Å². The lowest BCUT2D eigenvalue weighted by molar-refractivity contribution is -0.117. The van der Waals surface area contributed by atoms with Gasteiger partial charge in [-0.2, -0.15) is 0 Å². The molecule has 4 nitrogen and oxygen atoms in total. The zero-order chi connectivity index (χ0) is 12.6. The van der Waals surface area contributed by atoms with Gasteiger partial charge in [0.05, 0.1) is 12.0 Å². The van der Waals surface area contributed by atoms with Gasteiger partial charge in [0.2, 0.25) is 5.91 Å². The third-order valence-electron chi connectivity index (χ3n) is 2.69. The van der Waals surface area contributed by atoms with Gasteiger partial charge in [-0.25, -0.2) is 4.79 Å². The minimum absolute atomic E-state index is 0.00876. The largest absolute Gasteiger partial charge is 0.478 e. The fourth-order valence-corrected chi connectivity index (χ4v) is 1.93. The van der Waals surface area contributed by atoms with Crippen molar-refractivity contribution >= 4 is 17.6 Å². The number of carbonyl (C=O) groups is 2. The minimum Gasteiger partial charge on any atom is -0.478 e. The summed E-state index contributed by atoms with van der Waals surface area (Å²) in [6.07, 6.45) is 0.336. The number of carbonyl (C=O) groups excluding carboxylic acids is 1. The number of hydrogen-bond acceptors (Lipinski definition) is 2. The Labute approximate surface area is 99.2 Å². The van der Waals surface area contributed by atoms with Crippen molar-refractivity contribution < 1.29 is 14.7 Å². The first-order valence-corrected chi connectivity index (χ1v) is 5.30. The summed E-state index contributed by atoms with van der Waals surface area (Å²) in [5.41, 5.74) is 2.64. The Bertz CT molecular complexity index is 519. The van der Waals surface area contributed by atoms with E-state index >= 15 is 0 Å². The number of amides is 1. The van der Waals surface area contributed by atoms with Gasteiger partial charge in [0, 0.05) is 12.2 Å². The predicted octanol–water partition coefficient (Wildman–Crippen LogP) is 1.85. The van der Waals surface area contributed by atoms with Gasteiger partial charge in [0.25, 0.3) is 0 Å². The first kappa shape index (κ1) is 11.4. The summed E-state index contributed by atoms with van der Waals surface area (Å²) in [6.45, 7) is 6.05.